The number of piperidine rings is 1. The summed E-state index contributed by atoms with van der Waals surface area (Å²) in [4.78, 5) is 2.34. The van der Waals surface area contributed by atoms with Crippen molar-refractivity contribution in [1.82, 2.24) is 15.1 Å². The summed E-state index contributed by atoms with van der Waals surface area (Å²) >= 11 is 0. The van der Waals surface area contributed by atoms with Crippen LogP contribution in [0.5, 0.6) is 11.5 Å². The van der Waals surface area contributed by atoms with Crippen LogP contribution in [0.25, 0.3) is 22.6 Å². The molecule has 4 heterocycles. The zero-order chi connectivity index (χ0) is 26.1. The SMILES string of the molecule is CC(C)c1nnc(-c2cc3c(OC[C@@H](O)CN4CCC(c5ccc6c(c5)CCCO6)CC4)cccc3o2)o1. The molecule has 2 aromatic heterocycles. The first-order valence-electron chi connectivity index (χ1n) is 13.7. The molecule has 1 fully saturated rings. The Hall–Kier alpha value is -3.36. The molecule has 2 aliphatic heterocycles. The van der Waals surface area contributed by atoms with Crippen LogP contribution in [0.3, 0.4) is 0 Å². The molecule has 0 amide bonds. The van der Waals surface area contributed by atoms with Gasteiger partial charge in [-0.3, -0.25) is 0 Å². The Balaban J connectivity index is 1.03. The van der Waals surface area contributed by atoms with Gasteiger partial charge in [0.1, 0.15) is 29.8 Å². The number of likely N-dealkylation sites (tertiary alicyclic amines) is 1. The summed E-state index contributed by atoms with van der Waals surface area (Å²) in [5, 5.41) is 19.8. The van der Waals surface area contributed by atoms with E-state index in [4.69, 9.17) is 18.3 Å². The number of aliphatic hydroxyl groups is 1. The highest BCUT2D eigenvalue weighted by molar-refractivity contribution is 5.87. The van der Waals surface area contributed by atoms with E-state index < -0.39 is 6.10 Å². The maximum Gasteiger partial charge on any atom is 0.283 e. The molecule has 38 heavy (non-hydrogen) atoms. The predicted molar refractivity (Wildman–Crippen MR) is 144 cm³/mol. The molecule has 4 aromatic rings. The summed E-state index contributed by atoms with van der Waals surface area (Å²) in [6.07, 6.45) is 3.82. The summed E-state index contributed by atoms with van der Waals surface area (Å²) < 4.78 is 23.5. The molecule has 6 rings (SSSR count). The largest absolute Gasteiger partial charge is 0.493 e. The lowest BCUT2D eigenvalue weighted by Crippen LogP contribution is -2.40. The fourth-order valence-corrected chi connectivity index (χ4v) is 5.45. The van der Waals surface area contributed by atoms with Gasteiger partial charge in [-0.2, -0.15) is 0 Å². The Labute approximate surface area is 222 Å². The van der Waals surface area contributed by atoms with Gasteiger partial charge in [0, 0.05) is 18.5 Å². The Morgan fingerprint density at radius 3 is 2.76 bits per heavy atom. The summed E-state index contributed by atoms with van der Waals surface area (Å²) in [5.41, 5.74) is 3.44. The lowest BCUT2D eigenvalue weighted by Gasteiger charge is -2.33. The van der Waals surface area contributed by atoms with Gasteiger partial charge >= 0.3 is 0 Å². The second kappa shape index (κ2) is 10.8. The lowest BCUT2D eigenvalue weighted by atomic mass is 9.87. The maximum atomic E-state index is 10.8. The molecule has 1 saturated heterocycles. The first-order valence-corrected chi connectivity index (χ1v) is 13.7. The molecule has 0 bridgehead atoms. The fourth-order valence-electron chi connectivity index (χ4n) is 5.45. The third-order valence-electron chi connectivity index (χ3n) is 7.56. The van der Waals surface area contributed by atoms with Gasteiger partial charge in [-0.15, -0.1) is 10.2 Å². The van der Waals surface area contributed by atoms with Crippen molar-refractivity contribution < 1.29 is 23.4 Å². The summed E-state index contributed by atoms with van der Waals surface area (Å²) in [7, 11) is 0. The molecule has 2 aliphatic rings. The highest BCUT2D eigenvalue weighted by Gasteiger charge is 2.24. The predicted octanol–water partition coefficient (Wildman–Crippen LogP) is 5.55. The van der Waals surface area contributed by atoms with Gasteiger partial charge in [-0.05, 0) is 74.0 Å². The molecule has 2 aromatic carbocycles. The molecule has 8 heteroatoms. The van der Waals surface area contributed by atoms with Crippen molar-refractivity contribution in [2.75, 3.05) is 32.8 Å². The quantitative estimate of drug-likeness (QED) is 0.325. The van der Waals surface area contributed by atoms with E-state index in [0.29, 0.717) is 41.3 Å². The van der Waals surface area contributed by atoms with Crippen molar-refractivity contribution in [2.24, 2.45) is 0 Å². The van der Waals surface area contributed by atoms with Crippen molar-refractivity contribution in [2.45, 2.75) is 57.5 Å². The smallest absolute Gasteiger partial charge is 0.283 e. The van der Waals surface area contributed by atoms with Gasteiger partial charge in [0.15, 0.2) is 5.76 Å². The van der Waals surface area contributed by atoms with Crippen LogP contribution in [0.1, 0.15) is 62.0 Å². The molecule has 0 aliphatic carbocycles. The number of ether oxygens (including phenoxy) is 2. The van der Waals surface area contributed by atoms with Crippen LogP contribution in [-0.2, 0) is 6.42 Å². The zero-order valence-electron chi connectivity index (χ0n) is 22.1. The Morgan fingerprint density at radius 2 is 1.95 bits per heavy atom. The first kappa shape index (κ1) is 24.9. The standard InChI is InChI=1S/C30H35N3O5/c1-19(2)29-31-32-30(38-29)28-16-24-26(6-3-7-27(24)37-28)36-18-23(34)17-33-12-10-20(11-13-33)21-8-9-25-22(15-21)5-4-14-35-25/h3,6-9,15-16,19-20,23,34H,4-5,10-14,17-18H2,1-2H3/t23-/m0/s1. The second-order valence-corrected chi connectivity index (χ2v) is 10.7. The van der Waals surface area contributed by atoms with E-state index in [9.17, 15) is 5.11 Å². The number of fused-ring (bicyclic) bond motifs is 2. The molecule has 0 unspecified atom stereocenters. The number of rotatable bonds is 8. The Bertz CT molecular complexity index is 1390. The van der Waals surface area contributed by atoms with Crippen molar-refractivity contribution in [3.8, 4) is 23.1 Å². The molecule has 8 nitrogen and oxygen atoms in total. The number of aromatic nitrogens is 2. The number of β-amino-alcohol motifs (C(OH)–C–C–N with tert-alkyl or cyclic N) is 1. The average Bonchev–Trinajstić information content (AvgIpc) is 3.60. The summed E-state index contributed by atoms with van der Waals surface area (Å²) in [5.74, 6) is 3.85. The van der Waals surface area contributed by atoms with E-state index in [-0.39, 0.29) is 12.5 Å². The summed E-state index contributed by atoms with van der Waals surface area (Å²) in [6, 6.07) is 14.2. The van der Waals surface area contributed by atoms with Gasteiger partial charge in [-0.1, -0.05) is 32.0 Å². The second-order valence-electron chi connectivity index (χ2n) is 10.7. The van der Waals surface area contributed by atoms with Crippen LogP contribution < -0.4 is 9.47 Å². The molecular formula is C30H35N3O5. The van der Waals surface area contributed by atoms with Crippen LogP contribution in [-0.4, -0.2) is 59.2 Å². The third-order valence-corrected chi connectivity index (χ3v) is 7.56. The Kier molecular flexibility index (Phi) is 7.08. The van der Waals surface area contributed by atoms with Gasteiger partial charge in [-0.25, -0.2) is 0 Å². The van der Waals surface area contributed by atoms with Crippen molar-refractivity contribution in [1.29, 1.82) is 0 Å². The van der Waals surface area contributed by atoms with E-state index in [2.05, 4.69) is 33.3 Å². The van der Waals surface area contributed by atoms with Crippen LogP contribution in [0.4, 0.5) is 0 Å². The molecule has 0 spiro atoms. The first-order chi connectivity index (χ1) is 18.5. The van der Waals surface area contributed by atoms with Gasteiger partial charge in [0.25, 0.3) is 5.89 Å². The number of nitrogens with zero attached hydrogens (tertiary/aromatic N) is 3. The third kappa shape index (κ3) is 5.28. The zero-order valence-corrected chi connectivity index (χ0v) is 22.1. The molecule has 1 atom stereocenters. The van der Waals surface area contributed by atoms with Crippen LogP contribution >= 0.6 is 0 Å². The fraction of sp³-hybridized carbons (Fsp3) is 0.467. The van der Waals surface area contributed by atoms with Crippen molar-refractivity contribution in [3.63, 3.8) is 0 Å². The number of hydrogen-bond donors (Lipinski definition) is 1. The van der Waals surface area contributed by atoms with Gasteiger partial charge < -0.3 is 28.3 Å². The van der Waals surface area contributed by atoms with E-state index in [1.54, 1.807) is 0 Å². The van der Waals surface area contributed by atoms with E-state index >= 15 is 0 Å². The highest BCUT2D eigenvalue weighted by Crippen LogP contribution is 2.35. The van der Waals surface area contributed by atoms with Crippen LogP contribution in [0.15, 0.2) is 51.3 Å². The van der Waals surface area contributed by atoms with E-state index in [1.807, 2.05) is 38.1 Å². The monoisotopic (exact) mass is 517 g/mol. The topological polar surface area (TPSA) is 94.0 Å². The van der Waals surface area contributed by atoms with Gasteiger partial charge in [0.2, 0.25) is 5.89 Å². The van der Waals surface area contributed by atoms with Crippen LogP contribution in [0, 0.1) is 0 Å². The molecule has 1 N–H and O–H groups in total. The molecule has 0 saturated carbocycles. The van der Waals surface area contributed by atoms with Crippen molar-refractivity contribution in [3.05, 3.63) is 59.5 Å². The molecular weight excluding hydrogens is 482 g/mol. The maximum absolute atomic E-state index is 10.8. The van der Waals surface area contributed by atoms with Gasteiger partial charge in [0.05, 0.1) is 12.0 Å². The van der Waals surface area contributed by atoms with Crippen LogP contribution in [0.2, 0.25) is 0 Å². The number of benzene rings is 2. The average molecular weight is 518 g/mol. The normalized spacial score (nSPS) is 17.5. The molecule has 0 radical (unpaired) electrons. The van der Waals surface area contributed by atoms with E-state index in [1.165, 1.54) is 11.1 Å². The lowest BCUT2D eigenvalue weighted by molar-refractivity contribution is 0.0599. The van der Waals surface area contributed by atoms with E-state index in [0.717, 1.165) is 56.5 Å². The minimum atomic E-state index is -0.585. The number of hydrogen-bond acceptors (Lipinski definition) is 8. The minimum Gasteiger partial charge on any atom is -0.493 e. The number of aliphatic hydroxyl groups excluding tert-OH is 1. The number of aryl methyl sites for hydroxylation is 1. The molecule has 200 valence electrons. The minimum absolute atomic E-state index is 0.144. The summed E-state index contributed by atoms with van der Waals surface area (Å²) in [6.45, 7) is 7.58. The number of furan rings is 1. The van der Waals surface area contributed by atoms with Crippen molar-refractivity contribution >= 4 is 11.0 Å². The Morgan fingerprint density at radius 1 is 1.08 bits per heavy atom. The highest BCUT2D eigenvalue weighted by atomic mass is 16.5.